The van der Waals surface area contributed by atoms with Crippen LogP contribution in [0, 0.1) is 0 Å². The first-order valence-corrected chi connectivity index (χ1v) is 4.78. The molecule has 0 saturated heterocycles. The van der Waals surface area contributed by atoms with Crippen LogP contribution in [0.15, 0.2) is 24.3 Å². The number of hydrogen-bond acceptors (Lipinski definition) is 2. The van der Waals surface area contributed by atoms with E-state index in [0.717, 1.165) is 18.4 Å². The van der Waals surface area contributed by atoms with Gasteiger partial charge in [-0.1, -0.05) is 31.9 Å². The summed E-state index contributed by atoms with van der Waals surface area (Å²) in [5.74, 6) is 0.298. The van der Waals surface area contributed by atoms with Gasteiger partial charge in [0.05, 0.1) is 0 Å². The molecule has 2 nitrogen and oxygen atoms in total. The molecule has 0 bridgehead atoms. The fourth-order valence-corrected chi connectivity index (χ4v) is 1.31. The third-order valence-corrected chi connectivity index (χ3v) is 2.19. The van der Waals surface area contributed by atoms with E-state index in [2.05, 4.69) is 6.92 Å². The largest absolute Gasteiger partial charge is 0.508 e. The minimum absolute atomic E-state index is 0.112. The van der Waals surface area contributed by atoms with E-state index < -0.39 is 0 Å². The molecule has 0 unspecified atom stereocenters. The normalized spacial score (nSPS) is 12.8. The summed E-state index contributed by atoms with van der Waals surface area (Å²) < 4.78 is 0. The zero-order chi connectivity index (χ0) is 9.68. The minimum atomic E-state index is 0.112. The van der Waals surface area contributed by atoms with Gasteiger partial charge in [-0.25, -0.2) is 0 Å². The van der Waals surface area contributed by atoms with Gasteiger partial charge in [0.15, 0.2) is 0 Å². The van der Waals surface area contributed by atoms with Crippen molar-refractivity contribution in [3.8, 4) is 5.75 Å². The van der Waals surface area contributed by atoms with Crippen molar-refractivity contribution in [2.45, 2.75) is 32.2 Å². The highest BCUT2D eigenvalue weighted by Crippen LogP contribution is 2.18. The number of phenols is 1. The number of unbranched alkanes of at least 4 members (excludes halogenated alkanes) is 1. The molecule has 13 heavy (non-hydrogen) atoms. The molecule has 2 heteroatoms. The summed E-state index contributed by atoms with van der Waals surface area (Å²) in [6.07, 6.45) is 3.34. The van der Waals surface area contributed by atoms with Crippen LogP contribution in [-0.2, 0) is 0 Å². The highest BCUT2D eigenvalue weighted by molar-refractivity contribution is 5.27. The number of phenolic OH excluding ortho intramolecular Hbond substituents is 1. The van der Waals surface area contributed by atoms with Crippen molar-refractivity contribution in [1.29, 1.82) is 0 Å². The summed E-state index contributed by atoms with van der Waals surface area (Å²) in [7, 11) is 0. The van der Waals surface area contributed by atoms with Gasteiger partial charge in [-0.05, 0) is 24.1 Å². The lowest BCUT2D eigenvalue weighted by Gasteiger charge is -2.10. The summed E-state index contributed by atoms with van der Waals surface area (Å²) >= 11 is 0. The third-order valence-electron chi connectivity index (χ3n) is 2.19. The molecule has 3 N–H and O–H groups in total. The van der Waals surface area contributed by atoms with E-state index in [9.17, 15) is 0 Å². The number of hydrogen-bond donors (Lipinski definition) is 2. The highest BCUT2D eigenvalue weighted by atomic mass is 16.3. The summed E-state index contributed by atoms with van der Waals surface area (Å²) in [4.78, 5) is 0. The lowest BCUT2D eigenvalue weighted by molar-refractivity contribution is 0.474. The number of aromatic hydroxyl groups is 1. The Balaban J connectivity index is 2.55. The Labute approximate surface area is 79.4 Å². The molecule has 0 radical (unpaired) electrons. The Bertz CT molecular complexity index is 243. The Morgan fingerprint density at radius 2 is 1.92 bits per heavy atom. The molecule has 0 aliphatic rings. The van der Waals surface area contributed by atoms with Crippen LogP contribution in [0.1, 0.15) is 37.8 Å². The molecule has 0 saturated carbocycles. The van der Waals surface area contributed by atoms with Gasteiger partial charge in [0.2, 0.25) is 0 Å². The Morgan fingerprint density at radius 3 is 2.46 bits per heavy atom. The molecular weight excluding hydrogens is 162 g/mol. The predicted molar refractivity (Wildman–Crippen MR) is 54.6 cm³/mol. The molecule has 0 fully saturated rings. The van der Waals surface area contributed by atoms with E-state index in [1.807, 2.05) is 12.1 Å². The molecule has 1 aromatic rings. The molecule has 1 aromatic carbocycles. The summed E-state index contributed by atoms with van der Waals surface area (Å²) in [6.45, 7) is 2.16. The maximum atomic E-state index is 9.07. The molecule has 1 atom stereocenters. The van der Waals surface area contributed by atoms with E-state index >= 15 is 0 Å². The second-order valence-corrected chi connectivity index (χ2v) is 3.34. The minimum Gasteiger partial charge on any atom is -0.508 e. The molecule has 0 spiro atoms. The Morgan fingerprint density at radius 1 is 1.31 bits per heavy atom. The van der Waals surface area contributed by atoms with Crippen LogP contribution < -0.4 is 5.73 Å². The second-order valence-electron chi connectivity index (χ2n) is 3.34. The smallest absolute Gasteiger partial charge is 0.115 e. The van der Waals surface area contributed by atoms with Crippen LogP contribution in [0.25, 0.3) is 0 Å². The van der Waals surface area contributed by atoms with Crippen molar-refractivity contribution in [3.63, 3.8) is 0 Å². The van der Waals surface area contributed by atoms with Crippen molar-refractivity contribution in [3.05, 3.63) is 29.8 Å². The van der Waals surface area contributed by atoms with E-state index in [0.29, 0.717) is 5.75 Å². The van der Waals surface area contributed by atoms with E-state index in [1.165, 1.54) is 6.42 Å². The van der Waals surface area contributed by atoms with Gasteiger partial charge >= 0.3 is 0 Å². The average molecular weight is 179 g/mol. The van der Waals surface area contributed by atoms with Gasteiger partial charge in [-0.2, -0.15) is 0 Å². The third kappa shape index (κ3) is 3.07. The maximum Gasteiger partial charge on any atom is 0.115 e. The zero-order valence-electron chi connectivity index (χ0n) is 8.03. The fraction of sp³-hybridized carbons (Fsp3) is 0.455. The van der Waals surface area contributed by atoms with Gasteiger partial charge in [0.1, 0.15) is 5.75 Å². The molecule has 0 heterocycles. The summed E-state index contributed by atoms with van der Waals surface area (Å²) in [5.41, 5.74) is 7.05. The summed E-state index contributed by atoms with van der Waals surface area (Å²) in [5, 5.41) is 9.07. The summed E-state index contributed by atoms with van der Waals surface area (Å²) in [6, 6.07) is 7.24. The first-order chi connectivity index (χ1) is 6.24. The number of nitrogens with two attached hydrogens (primary N) is 1. The van der Waals surface area contributed by atoms with E-state index in [4.69, 9.17) is 10.8 Å². The lowest BCUT2D eigenvalue weighted by atomic mass is 10.0. The monoisotopic (exact) mass is 179 g/mol. The molecule has 1 rings (SSSR count). The van der Waals surface area contributed by atoms with E-state index in [1.54, 1.807) is 12.1 Å². The highest BCUT2D eigenvalue weighted by Gasteiger charge is 2.04. The number of rotatable bonds is 4. The fourth-order valence-electron chi connectivity index (χ4n) is 1.31. The van der Waals surface area contributed by atoms with Crippen molar-refractivity contribution < 1.29 is 5.11 Å². The van der Waals surface area contributed by atoms with Crippen LogP contribution in [0.3, 0.4) is 0 Å². The molecule has 0 aliphatic carbocycles. The van der Waals surface area contributed by atoms with Gasteiger partial charge in [-0.15, -0.1) is 0 Å². The zero-order valence-corrected chi connectivity index (χ0v) is 8.03. The van der Waals surface area contributed by atoms with Crippen molar-refractivity contribution in [1.82, 2.24) is 0 Å². The molecule has 0 aromatic heterocycles. The van der Waals surface area contributed by atoms with Crippen LogP contribution >= 0.6 is 0 Å². The van der Waals surface area contributed by atoms with Crippen LogP contribution in [0.4, 0.5) is 0 Å². The van der Waals surface area contributed by atoms with Crippen molar-refractivity contribution >= 4 is 0 Å². The molecular formula is C11H17NO. The molecule has 72 valence electrons. The lowest BCUT2D eigenvalue weighted by Crippen LogP contribution is -2.09. The second kappa shape index (κ2) is 4.87. The van der Waals surface area contributed by atoms with Crippen LogP contribution in [-0.4, -0.2) is 5.11 Å². The van der Waals surface area contributed by atoms with Gasteiger partial charge in [-0.3, -0.25) is 0 Å². The molecule has 0 aliphatic heterocycles. The van der Waals surface area contributed by atoms with Crippen LogP contribution in [0.2, 0.25) is 0 Å². The Hall–Kier alpha value is -1.02. The topological polar surface area (TPSA) is 46.2 Å². The maximum absolute atomic E-state index is 9.07. The van der Waals surface area contributed by atoms with Gasteiger partial charge in [0.25, 0.3) is 0 Å². The van der Waals surface area contributed by atoms with Crippen LogP contribution in [0.5, 0.6) is 5.75 Å². The standard InChI is InChI=1S/C11H17NO/c1-2-3-4-11(12)9-5-7-10(13)8-6-9/h5-8,11,13H,2-4,12H2,1H3/t11-/m1/s1. The Kier molecular flexibility index (Phi) is 3.77. The van der Waals surface area contributed by atoms with Crippen molar-refractivity contribution in [2.75, 3.05) is 0 Å². The predicted octanol–water partition coefficient (Wildman–Crippen LogP) is 2.58. The van der Waals surface area contributed by atoms with Gasteiger partial charge < -0.3 is 10.8 Å². The molecule has 0 amide bonds. The van der Waals surface area contributed by atoms with Gasteiger partial charge in [0, 0.05) is 6.04 Å². The first-order valence-electron chi connectivity index (χ1n) is 4.78. The SMILES string of the molecule is CCCC[C@@H](N)c1ccc(O)cc1. The van der Waals surface area contributed by atoms with Crippen molar-refractivity contribution in [2.24, 2.45) is 5.73 Å². The van der Waals surface area contributed by atoms with E-state index in [-0.39, 0.29) is 6.04 Å². The first kappa shape index (κ1) is 10.1. The number of benzene rings is 1. The average Bonchev–Trinajstić information content (AvgIpc) is 2.15. The quantitative estimate of drug-likeness (QED) is 0.746.